The average molecular weight is 367 g/mol. The number of thioether (sulfide) groups is 1. The van der Waals surface area contributed by atoms with Gasteiger partial charge in [0.25, 0.3) is 5.95 Å². The maximum Gasteiger partial charge on any atom is 0.252 e. The first-order chi connectivity index (χ1) is 12.7. The van der Waals surface area contributed by atoms with Crippen molar-refractivity contribution >= 4 is 23.5 Å². The summed E-state index contributed by atoms with van der Waals surface area (Å²) < 4.78 is 7.14. The topological polar surface area (TPSA) is 81.9 Å². The largest absolute Gasteiger partial charge is 0.496 e. The van der Waals surface area contributed by atoms with Gasteiger partial charge in [-0.15, -0.1) is 11.8 Å². The summed E-state index contributed by atoms with van der Waals surface area (Å²) in [6.07, 6.45) is 3.30. The zero-order valence-corrected chi connectivity index (χ0v) is 15.2. The van der Waals surface area contributed by atoms with Crippen LogP contribution in [-0.2, 0) is 4.79 Å². The van der Waals surface area contributed by atoms with Gasteiger partial charge in [0.1, 0.15) is 11.6 Å². The molecule has 0 saturated carbocycles. The van der Waals surface area contributed by atoms with E-state index in [-0.39, 0.29) is 11.2 Å². The summed E-state index contributed by atoms with van der Waals surface area (Å²) in [6.45, 7) is 1.93. The van der Waals surface area contributed by atoms with Gasteiger partial charge < -0.3 is 10.1 Å². The third-order valence-electron chi connectivity index (χ3n) is 4.17. The summed E-state index contributed by atoms with van der Waals surface area (Å²) >= 11 is 1.55. The molecule has 26 heavy (non-hydrogen) atoms. The van der Waals surface area contributed by atoms with Crippen molar-refractivity contribution in [1.82, 2.24) is 19.7 Å². The monoisotopic (exact) mass is 367 g/mol. The molecule has 4 rings (SSSR count). The van der Waals surface area contributed by atoms with Crippen molar-refractivity contribution in [3.63, 3.8) is 0 Å². The number of aromatic nitrogens is 4. The molecule has 132 valence electrons. The minimum absolute atomic E-state index is 0.0780. The second kappa shape index (κ2) is 6.80. The second-order valence-corrected chi connectivity index (χ2v) is 6.88. The van der Waals surface area contributed by atoms with Crippen molar-refractivity contribution in [2.75, 3.05) is 18.2 Å². The third-order valence-corrected chi connectivity index (χ3v) is 5.42. The van der Waals surface area contributed by atoms with Crippen LogP contribution in [0.3, 0.4) is 0 Å². The molecule has 2 aromatic heterocycles. The molecular formula is C18H17N5O2S. The van der Waals surface area contributed by atoms with Gasteiger partial charge in [-0.1, -0.05) is 18.2 Å². The van der Waals surface area contributed by atoms with E-state index in [2.05, 4.69) is 20.4 Å². The molecule has 1 aromatic carbocycles. The number of hydrogen-bond acceptors (Lipinski definition) is 6. The normalized spacial score (nSPS) is 16.5. The Balaban J connectivity index is 1.92. The Morgan fingerprint density at radius 2 is 2.00 bits per heavy atom. The highest BCUT2D eigenvalue weighted by Gasteiger charge is 2.32. The molecule has 0 aliphatic carbocycles. The van der Waals surface area contributed by atoms with Gasteiger partial charge in [0.05, 0.1) is 23.8 Å². The van der Waals surface area contributed by atoms with Crippen LogP contribution in [-0.4, -0.2) is 38.5 Å². The lowest BCUT2D eigenvalue weighted by atomic mass is 10.0. The summed E-state index contributed by atoms with van der Waals surface area (Å²) in [5, 5.41) is 7.47. The molecule has 0 unspecified atom stereocenters. The summed E-state index contributed by atoms with van der Waals surface area (Å²) in [5.41, 5.74) is 2.77. The molecule has 1 aliphatic heterocycles. The number of carbonyl (C=O) groups excluding carboxylic acids is 1. The number of rotatable bonds is 3. The van der Waals surface area contributed by atoms with Gasteiger partial charge in [-0.3, -0.25) is 4.79 Å². The van der Waals surface area contributed by atoms with Crippen LogP contribution in [0.4, 0.5) is 5.82 Å². The fourth-order valence-corrected chi connectivity index (χ4v) is 4.27. The van der Waals surface area contributed by atoms with Crippen LogP contribution in [0.25, 0.3) is 5.95 Å². The van der Waals surface area contributed by atoms with Crippen LogP contribution in [0.2, 0.25) is 0 Å². The number of nitrogens with one attached hydrogen (secondary N) is 1. The van der Waals surface area contributed by atoms with E-state index >= 15 is 0 Å². The van der Waals surface area contributed by atoms with Crippen LogP contribution < -0.4 is 10.1 Å². The van der Waals surface area contributed by atoms with Gasteiger partial charge in [-0.05, 0) is 19.1 Å². The molecule has 8 heteroatoms. The number of para-hydroxylation sites is 1. The Morgan fingerprint density at radius 1 is 1.23 bits per heavy atom. The Bertz CT molecular complexity index is 957. The number of carbonyl (C=O) groups is 1. The van der Waals surface area contributed by atoms with E-state index in [1.165, 1.54) is 0 Å². The molecular weight excluding hydrogens is 350 g/mol. The minimum Gasteiger partial charge on any atom is -0.496 e. The molecule has 0 radical (unpaired) electrons. The molecule has 1 amide bonds. The van der Waals surface area contributed by atoms with Crippen LogP contribution in [0.1, 0.15) is 22.1 Å². The first kappa shape index (κ1) is 16.6. The second-order valence-electron chi connectivity index (χ2n) is 5.79. The molecule has 0 bridgehead atoms. The van der Waals surface area contributed by atoms with E-state index < -0.39 is 0 Å². The predicted octanol–water partition coefficient (Wildman–Crippen LogP) is 2.75. The molecule has 1 atom stereocenters. The lowest BCUT2D eigenvalue weighted by Crippen LogP contribution is -2.16. The Kier molecular flexibility index (Phi) is 4.34. The summed E-state index contributed by atoms with van der Waals surface area (Å²) in [6, 6.07) is 9.59. The zero-order chi connectivity index (χ0) is 18.1. The van der Waals surface area contributed by atoms with Gasteiger partial charge in [-0.25, -0.2) is 9.97 Å². The molecule has 0 fully saturated rings. The zero-order valence-electron chi connectivity index (χ0n) is 14.3. The standard InChI is InChI=1S/C18H17N5O2S/c1-11-15-16(12-6-3-4-7-13(12)25-2)26-10-14(24)21-17(15)23(22-11)18-19-8-5-9-20-18/h3-9,16H,10H2,1-2H3,(H,21,24)/t16-/m0/s1. The molecule has 3 heterocycles. The Morgan fingerprint density at radius 3 is 2.77 bits per heavy atom. The van der Waals surface area contributed by atoms with Gasteiger partial charge in [-0.2, -0.15) is 9.78 Å². The number of amides is 1. The number of nitrogens with zero attached hydrogens (tertiary/aromatic N) is 4. The predicted molar refractivity (Wildman–Crippen MR) is 99.8 cm³/mol. The number of hydrogen-bond donors (Lipinski definition) is 1. The molecule has 0 spiro atoms. The highest BCUT2D eigenvalue weighted by Crippen LogP contribution is 2.46. The van der Waals surface area contributed by atoms with Crippen LogP contribution in [0.5, 0.6) is 5.75 Å². The fraction of sp³-hybridized carbons (Fsp3) is 0.222. The van der Waals surface area contributed by atoms with E-state index in [0.29, 0.717) is 17.5 Å². The van der Waals surface area contributed by atoms with E-state index in [1.807, 2.05) is 31.2 Å². The third kappa shape index (κ3) is 2.82. The Hall–Kier alpha value is -2.87. The summed E-state index contributed by atoms with van der Waals surface area (Å²) in [7, 11) is 1.65. The maximum absolute atomic E-state index is 12.3. The molecule has 3 aromatic rings. The highest BCUT2D eigenvalue weighted by molar-refractivity contribution is 8.00. The highest BCUT2D eigenvalue weighted by atomic mass is 32.2. The number of ether oxygens (including phenoxy) is 1. The van der Waals surface area contributed by atoms with Crippen LogP contribution >= 0.6 is 11.8 Å². The molecule has 7 nitrogen and oxygen atoms in total. The van der Waals surface area contributed by atoms with Crippen molar-refractivity contribution in [3.8, 4) is 11.7 Å². The lowest BCUT2D eigenvalue weighted by Gasteiger charge is -2.18. The molecule has 0 saturated heterocycles. The van der Waals surface area contributed by atoms with Crippen molar-refractivity contribution in [2.24, 2.45) is 0 Å². The number of fused-ring (bicyclic) bond motifs is 1. The van der Waals surface area contributed by atoms with Gasteiger partial charge >= 0.3 is 0 Å². The Labute approximate surface area is 154 Å². The SMILES string of the molecule is COc1ccccc1[C@@H]1SCC(=O)Nc2c1c(C)nn2-c1ncccn1. The van der Waals surface area contributed by atoms with E-state index in [1.54, 1.807) is 42.0 Å². The molecule has 1 N–H and O–H groups in total. The summed E-state index contributed by atoms with van der Waals surface area (Å²) in [5.74, 6) is 2.08. The van der Waals surface area contributed by atoms with E-state index in [0.717, 1.165) is 22.6 Å². The quantitative estimate of drug-likeness (QED) is 0.767. The first-order valence-corrected chi connectivity index (χ1v) is 9.15. The first-order valence-electron chi connectivity index (χ1n) is 8.10. The smallest absolute Gasteiger partial charge is 0.252 e. The number of methoxy groups -OCH3 is 1. The minimum atomic E-state index is -0.0856. The number of anilines is 1. The molecule has 1 aliphatic rings. The summed E-state index contributed by atoms with van der Waals surface area (Å²) in [4.78, 5) is 20.9. The van der Waals surface area contributed by atoms with Crippen molar-refractivity contribution in [2.45, 2.75) is 12.2 Å². The van der Waals surface area contributed by atoms with Gasteiger partial charge in [0.2, 0.25) is 5.91 Å². The van der Waals surface area contributed by atoms with Crippen molar-refractivity contribution in [1.29, 1.82) is 0 Å². The van der Waals surface area contributed by atoms with Gasteiger partial charge in [0, 0.05) is 23.5 Å². The van der Waals surface area contributed by atoms with Crippen molar-refractivity contribution in [3.05, 3.63) is 59.5 Å². The maximum atomic E-state index is 12.3. The van der Waals surface area contributed by atoms with Crippen LogP contribution in [0, 0.1) is 6.92 Å². The van der Waals surface area contributed by atoms with Gasteiger partial charge in [0.15, 0.2) is 0 Å². The lowest BCUT2D eigenvalue weighted by molar-refractivity contribution is -0.113. The number of benzene rings is 1. The van der Waals surface area contributed by atoms with Crippen molar-refractivity contribution < 1.29 is 9.53 Å². The fourth-order valence-electron chi connectivity index (χ4n) is 3.06. The van der Waals surface area contributed by atoms with E-state index in [9.17, 15) is 4.79 Å². The van der Waals surface area contributed by atoms with E-state index in [4.69, 9.17) is 4.74 Å². The number of aryl methyl sites for hydroxylation is 1. The van der Waals surface area contributed by atoms with Crippen LogP contribution in [0.15, 0.2) is 42.7 Å². The average Bonchev–Trinajstić information content (AvgIpc) is 2.88.